The van der Waals surface area contributed by atoms with Gasteiger partial charge in [-0.1, -0.05) is 31.0 Å². The van der Waals surface area contributed by atoms with Crippen LogP contribution in [0.25, 0.3) is 0 Å². The molecule has 22 heavy (non-hydrogen) atoms. The normalized spacial score (nSPS) is 16.0. The van der Waals surface area contributed by atoms with Crippen LogP contribution < -0.4 is 14.2 Å². The van der Waals surface area contributed by atoms with Crippen molar-refractivity contribution in [2.24, 2.45) is 0 Å². The second-order valence-corrected chi connectivity index (χ2v) is 7.30. The first kappa shape index (κ1) is 17.2. The number of methoxy groups -OCH3 is 1. The quantitative estimate of drug-likeness (QED) is 0.685. The third kappa shape index (κ3) is 5.59. The first-order valence-corrected chi connectivity index (χ1v) is 9.48. The summed E-state index contributed by atoms with van der Waals surface area (Å²) in [7, 11) is -1.68. The third-order valence-electron chi connectivity index (χ3n) is 4.03. The van der Waals surface area contributed by atoms with Crippen molar-refractivity contribution in [2.45, 2.75) is 51.0 Å². The highest BCUT2D eigenvalue weighted by molar-refractivity contribution is 7.87. The molecule has 0 atom stereocenters. The van der Waals surface area contributed by atoms with Crippen LogP contribution in [0, 0.1) is 0 Å². The Kier molecular flexibility index (Phi) is 6.67. The summed E-state index contributed by atoms with van der Waals surface area (Å²) in [4.78, 5) is 0. The van der Waals surface area contributed by atoms with Crippen LogP contribution in [0.3, 0.4) is 0 Å². The Morgan fingerprint density at radius 3 is 2.64 bits per heavy atom. The van der Waals surface area contributed by atoms with Gasteiger partial charge in [0.25, 0.3) is 10.2 Å². The Hall–Kier alpha value is -1.11. The van der Waals surface area contributed by atoms with Gasteiger partial charge in [-0.15, -0.1) is 0 Å². The van der Waals surface area contributed by atoms with E-state index in [1.807, 2.05) is 24.3 Å². The van der Waals surface area contributed by atoms with Gasteiger partial charge in [-0.05, 0) is 43.7 Å². The largest absolute Gasteiger partial charge is 0.496 e. The average Bonchev–Trinajstić information content (AvgIpc) is 2.99. The van der Waals surface area contributed by atoms with Crippen molar-refractivity contribution < 1.29 is 13.2 Å². The lowest BCUT2D eigenvalue weighted by molar-refractivity contribution is 0.409. The number of rotatable bonds is 9. The number of nitrogens with one attached hydrogen (secondary N) is 2. The van der Waals surface area contributed by atoms with Crippen LogP contribution in [0.5, 0.6) is 5.75 Å². The summed E-state index contributed by atoms with van der Waals surface area (Å²) in [5.41, 5.74) is 1.16. The van der Waals surface area contributed by atoms with Gasteiger partial charge >= 0.3 is 0 Å². The predicted molar refractivity (Wildman–Crippen MR) is 88.2 cm³/mol. The molecule has 1 aliphatic rings. The van der Waals surface area contributed by atoms with Crippen molar-refractivity contribution in [1.29, 1.82) is 0 Å². The molecule has 0 heterocycles. The molecule has 0 spiro atoms. The number of para-hydroxylation sites is 1. The fourth-order valence-corrected chi connectivity index (χ4v) is 4.03. The van der Waals surface area contributed by atoms with Crippen LogP contribution in [0.4, 0.5) is 0 Å². The zero-order valence-corrected chi connectivity index (χ0v) is 14.0. The molecule has 1 aromatic carbocycles. The van der Waals surface area contributed by atoms with Crippen molar-refractivity contribution >= 4 is 10.2 Å². The molecule has 0 saturated heterocycles. The summed E-state index contributed by atoms with van der Waals surface area (Å²) < 4.78 is 34.4. The lowest BCUT2D eigenvalue weighted by Crippen LogP contribution is -2.41. The standard InChI is InChI=1S/C16H26N2O3S/c1-21-16-12-5-2-8-14(16)9-6-7-13-17-22(19,20)18-15-10-3-4-11-15/h2,5,8,12,15,17-18H,3-4,6-7,9-11,13H2,1H3. The molecular formula is C16H26N2O3S. The molecular weight excluding hydrogens is 300 g/mol. The minimum Gasteiger partial charge on any atom is -0.496 e. The minimum atomic E-state index is -3.35. The molecule has 0 radical (unpaired) electrons. The maximum Gasteiger partial charge on any atom is 0.277 e. The summed E-state index contributed by atoms with van der Waals surface area (Å²) in [5.74, 6) is 0.894. The molecule has 1 aliphatic carbocycles. The van der Waals surface area contributed by atoms with E-state index in [4.69, 9.17) is 4.74 Å². The van der Waals surface area contributed by atoms with E-state index in [0.29, 0.717) is 6.54 Å². The zero-order valence-electron chi connectivity index (χ0n) is 13.2. The first-order chi connectivity index (χ1) is 10.6. The van der Waals surface area contributed by atoms with Gasteiger partial charge in [0.2, 0.25) is 0 Å². The molecule has 0 aromatic heterocycles. The van der Waals surface area contributed by atoms with Gasteiger partial charge in [-0.25, -0.2) is 4.72 Å². The average molecular weight is 326 g/mol. The van der Waals surface area contributed by atoms with Gasteiger partial charge in [0.1, 0.15) is 5.75 Å². The highest BCUT2D eigenvalue weighted by Gasteiger charge is 2.20. The van der Waals surface area contributed by atoms with Crippen molar-refractivity contribution in [2.75, 3.05) is 13.7 Å². The molecule has 6 heteroatoms. The van der Waals surface area contributed by atoms with Crippen molar-refractivity contribution in [1.82, 2.24) is 9.44 Å². The summed E-state index contributed by atoms with van der Waals surface area (Å²) in [6.07, 6.45) is 6.76. The predicted octanol–water partition coefficient (Wildman–Crippen LogP) is 2.38. The molecule has 5 nitrogen and oxygen atoms in total. The van der Waals surface area contributed by atoms with Gasteiger partial charge in [0.05, 0.1) is 7.11 Å². The summed E-state index contributed by atoms with van der Waals surface area (Å²) in [6.45, 7) is 0.469. The van der Waals surface area contributed by atoms with Crippen LogP contribution in [0.15, 0.2) is 24.3 Å². The van der Waals surface area contributed by atoms with Gasteiger partial charge in [-0.3, -0.25) is 0 Å². The molecule has 0 aliphatic heterocycles. The van der Waals surface area contributed by atoms with E-state index >= 15 is 0 Å². The molecule has 1 aromatic rings. The molecule has 0 amide bonds. The maximum absolute atomic E-state index is 11.9. The maximum atomic E-state index is 11.9. The molecule has 1 saturated carbocycles. The summed E-state index contributed by atoms with van der Waals surface area (Å²) >= 11 is 0. The fourth-order valence-electron chi connectivity index (χ4n) is 2.86. The van der Waals surface area contributed by atoms with Gasteiger partial charge in [0.15, 0.2) is 0 Å². The van der Waals surface area contributed by atoms with E-state index in [0.717, 1.165) is 56.3 Å². The number of benzene rings is 1. The van der Waals surface area contributed by atoms with Crippen LogP contribution in [-0.4, -0.2) is 28.1 Å². The van der Waals surface area contributed by atoms with E-state index < -0.39 is 10.2 Å². The van der Waals surface area contributed by atoms with Gasteiger partial charge in [0, 0.05) is 12.6 Å². The van der Waals surface area contributed by atoms with Crippen molar-refractivity contribution in [3.05, 3.63) is 29.8 Å². The minimum absolute atomic E-state index is 0.117. The molecule has 2 N–H and O–H groups in total. The Bertz CT molecular complexity index is 554. The van der Waals surface area contributed by atoms with Crippen LogP contribution in [0.2, 0.25) is 0 Å². The smallest absolute Gasteiger partial charge is 0.277 e. The van der Waals surface area contributed by atoms with E-state index in [1.165, 1.54) is 0 Å². The SMILES string of the molecule is COc1ccccc1CCCCNS(=O)(=O)NC1CCCC1. The first-order valence-electron chi connectivity index (χ1n) is 7.99. The number of aryl methyl sites for hydroxylation is 1. The number of hydrogen-bond acceptors (Lipinski definition) is 3. The highest BCUT2D eigenvalue weighted by atomic mass is 32.2. The van der Waals surface area contributed by atoms with E-state index in [-0.39, 0.29) is 6.04 Å². The Balaban J connectivity index is 1.66. The third-order valence-corrected chi connectivity index (χ3v) is 5.26. The Morgan fingerprint density at radius 2 is 1.91 bits per heavy atom. The number of unbranched alkanes of at least 4 members (excludes halogenated alkanes) is 1. The van der Waals surface area contributed by atoms with E-state index in [2.05, 4.69) is 9.44 Å². The molecule has 124 valence electrons. The van der Waals surface area contributed by atoms with E-state index in [9.17, 15) is 8.42 Å². The monoisotopic (exact) mass is 326 g/mol. The van der Waals surface area contributed by atoms with E-state index in [1.54, 1.807) is 7.11 Å². The topological polar surface area (TPSA) is 67.4 Å². The van der Waals surface area contributed by atoms with Gasteiger partial charge < -0.3 is 4.74 Å². The lowest BCUT2D eigenvalue weighted by atomic mass is 10.1. The second-order valence-electron chi connectivity index (χ2n) is 5.77. The van der Waals surface area contributed by atoms with Crippen molar-refractivity contribution in [3.8, 4) is 5.75 Å². The van der Waals surface area contributed by atoms with Crippen LogP contribution in [0.1, 0.15) is 44.1 Å². The fraction of sp³-hybridized carbons (Fsp3) is 0.625. The van der Waals surface area contributed by atoms with Crippen LogP contribution in [-0.2, 0) is 16.6 Å². The van der Waals surface area contributed by atoms with Crippen molar-refractivity contribution in [3.63, 3.8) is 0 Å². The zero-order chi connectivity index (χ0) is 15.8. The Labute approximate surface area is 133 Å². The summed E-state index contributed by atoms with van der Waals surface area (Å²) in [6, 6.07) is 8.05. The molecule has 0 bridgehead atoms. The molecule has 0 unspecified atom stereocenters. The van der Waals surface area contributed by atoms with Crippen LogP contribution >= 0.6 is 0 Å². The summed E-state index contributed by atoms with van der Waals surface area (Å²) in [5, 5.41) is 0. The number of hydrogen-bond donors (Lipinski definition) is 2. The Morgan fingerprint density at radius 1 is 1.18 bits per heavy atom. The second kappa shape index (κ2) is 8.50. The lowest BCUT2D eigenvalue weighted by Gasteiger charge is -2.13. The van der Waals surface area contributed by atoms with Gasteiger partial charge in [-0.2, -0.15) is 13.1 Å². The highest BCUT2D eigenvalue weighted by Crippen LogP contribution is 2.19. The molecule has 2 rings (SSSR count). The number of ether oxygens (including phenoxy) is 1. The molecule has 1 fully saturated rings.